The minimum atomic E-state index is -0.323. The summed E-state index contributed by atoms with van der Waals surface area (Å²) in [6.45, 7) is 3.20. The van der Waals surface area contributed by atoms with Crippen molar-refractivity contribution in [3.8, 4) is 11.3 Å². The van der Waals surface area contributed by atoms with E-state index >= 15 is 0 Å². The quantitative estimate of drug-likeness (QED) is 0.656. The van der Waals surface area contributed by atoms with E-state index in [2.05, 4.69) is 10.6 Å². The fourth-order valence-electron chi connectivity index (χ4n) is 2.41. The minimum Gasteiger partial charge on any atom is -0.462 e. The van der Waals surface area contributed by atoms with Crippen LogP contribution in [-0.2, 0) is 11.3 Å². The van der Waals surface area contributed by atoms with E-state index in [9.17, 15) is 4.79 Å². The molecule has 0 atom stereocenters. The van der Waals surface area contributed by atoms with Crippen LogP contribution in [0.15, 0.2) is 71.3 Å². The number of amides is 2. The second-order valence-electron chi connectivity index (χ2n) is 5.44. The Hall–Kier alpha value is -3.05. The lowest BCUT2D eigenvalue weighted by Crippen LogP contribution is -2.19. The molecule has 2 N–H and O–H groups in total. The summed E-state index contributed by atoms with van der Waals surface area (Å²) < 4.78 is 10.9. The maximum Gasteiger partial charge on any atom is 0.323 e. The minimum absolute atomic E-state index is 0.323. The van der Waals surface area contributed by atoms with E-state index in [4.69, 9.17) is 9.15 Å². The number of carbonyl (C=O) groups excluding carboxylic acids is 1. The SMILES string of the molecule is CCOCc1ccc(NC(=O)Nc2ccoc2-c2ccccc2)cc1. The van der Waals surface area contributed by atoms with Crippen molar-refractivity contribution in [3.05, 3.63) is 72.5 Å². The first-order chi connectivity index (χ1) is 12.3. The summed E-state index contributed by atoms with van der Waals surface area (Å²) in [5, 5.41) is 5.63. The Balaban J connectivity index is 1.63. The zero-order valence-corrected chi connectivity index (χ0v) is 14.0. The van der Waals surface area contributed by atoms with Crippen LogP contribution in [0.2, 0.25) is 0 Å². The number of rotatable bonds is 6. The molecule has 0 aliphatic rings. The third kappa shape index (κ3) is 4.49. The predicted molar refractivity (Wildman–Crippen MR) is 98.6 cm³/mol. The first-order valence-corrected chi connectivity index (χ1v) is 8.14. The Morgan fingerprint density at radius 1 is 1.00 bits per heavy atom. The van der Waals surface area contributed by atoms with Gasteiger partial charge in [-0.3, -0.25) is 0 Å². The van der Waals surface area contributed by atoms with Crippen LogP contribution in [0.1, 0.15) is 12.5 Å². The second kappa shape index (κ2) is 8.17. The topological polar surface area (TPSA) is 63.5 Å². The van der Waals surface area contributed by atoms with Gasteiger partial charge >= 0.3 is 6.03 Å². The predicted octanol–water partition coefficient (Wildman–Crippen LogP) is 5.13. The normalized spacial score (nSPS) is 10.4. The zero-order chi connectivity index (χ0) is 17.5. The number of nitrogens with one attached hydrogen (secondary N) is 2. The van der Waals surface area contributed by atoms with E-state index in [0.717, 1.165) is 11.1 Å². The van der Waals surface area contributed by atoms with Gasteiger partial charge in [-0.25, -0.2) is 4.79 Å². The first-order valence-electron chi connectivity index (χ1n) is 8.14. The molecule has 0 fully saturated rings. The number of hydrogen-bond donors (Lipinski definition) is 2. The summed E-state index contributed by atoms with van der Waals surface area (Å²) >= 11 is 0. The zero-order valence-electron chi connectivity index (χ0n) is 14.0. The highest BCUT2D eigenvalue weighted by Gasteiger charge is 2.11. The van der Waals surface area contributed by atoms with E-state index in [1.165, 1.54) is 0 Å². The molecule has 1 heterocycles. The van der Waals surface area contributed by atoms with Gasteiger partial charge < -0.3 is 19.8 Å². The summed E-state index contributed by atoms with van der Waals surface area (Å²) in [7, 11) is 0. The van der Waals surface area contributed by atoms with Crippen molar-refractivity contribution in [1.82, 2.24) is 0 Å². The molecular formula is C20H20N2O3. The molecule has 5 nitrogen and oxygen atoms in total. The van der Waals surface area contributed by atoms with Gasteiger partial charge in [-0.15, -0.1) is 0 Å². The van der Waals surface area contributed by atoms with Crippen molar-refractivity contribution in [1.29, 1.82) is 0 Å². The Bertz CT molecular complexity index is 810. The largest absolute Gasteiger partial charge is 0.462 e. The number of carbonyl (C=O) groups is 1. The van der Waals surface area contributed by atoms with Crippen LogP contribution in [0, 0.1) is 0 Å². The molecule has 2 aromatic carbocycles. The maximum atomic E-state index is 12.2. The molecule has 25 heavy (non-hydrogen) atoms. The molecule has 0 radical (unpaired) electrons. The highest BCUT2D eigenvalue weighted by atomic mass is 16.5. The average Bonchev–Trinajstić information content (AvgIpc) is 3.10. The van der Waals surface area contributed by atoms with Gasteiger partial charge in [0.05, 0.1) is 18.6 Å². The van der Waals surface area contributed by atoms with Crippen molar-refractivity contribution in [2.45, 2.75) is 13.5 Å². The number of ether oxygens (including phenoxy) is 1. The molecule has 0 spiro atoms. The smallest absolute Gasteiger partial charge is 0.323 e. The Labute approximate surface area is 146 Å². The van der Waals surface area contributed by atoms with Crippen LogP contribution in [0.4, 0.5) is 16.2 Å². The molecule has 3 rings (SSSR count). The van der Waals surface area contributed by atoms with Crippen LogP contribution in [0.25, 0.3) is 11.3 Å². The van der Waals surface area contributed by atoms with Crippen molar-refractivity contribution in [2.24, 2.45) is 0 Å². The maximum absolute atomic E-state index is 12.2. The van der Waals surface area contributed by atoms with Gasteiger partial charge in [-0.1, -0.05) is 42.5 Å². The number of furan rings is 1. The van der Waals surface area contributed by atoms with E-state index in [1.807, 2.05) is 61.5 Å². The molecule has 0 saturated carbocycles. The molecule has 128 valence electrons. The fraction of sp³-hybridized carbons (Fsp3) is 0.150. The van der Waals surface area contributed by atoms with Gasteiger partial charge in [0.2, 0.25) is 0 Å². The summed E-state index contributed by atoms with van der Waals surface area (Å²) in [5.41, 5.74) is 3.30. The van der Waals surface area contributed by atoms with Gasteiger partial charge in [0.1, 0.15) is 0 Å². The third-order valence-corrected chi connectivity index (χ3v) is 3.63. The van der Waals surface area contributed by atoms with Crippen molar-refractivity contribution in [3.63, 3.8) is 0 Å². The van der Waals surface area contributed by atoms with Gasteiger partial charge in [0, 0.05) is 23.9 Å². The van der Waals surface area contributed by atoms with E-state index in [-0.39, 0.29) is 6.03 Å². The second-order valence-corrected chi connectivity index (χ2v) is 5.44. The van der Waals surface area contributed by atoms with Crippen molar-refractivity contribution < 1.29 is 13.9 Å². The fourth-order valence-corrected chi connectivity index (χ4v) is 2.41. The summed E-state index contributed by atoms with van der Waals surface area (Å²) in [4.78, 5) is 12.2. The summed E-state index contributed by atoms with van der Waals surface area (Å²) in [5.74, 6) is 0.628. The Kier molecular flexibility index (Phi) is 5.49. The van der Waals surface area contributed by atoms with Crippen LogP contribution < -0.4 is 10.6 Å². The number of benzene rings is 2. The van der Waals surface area contributed by atoms with E-state index < -0.39 is 0 Å². The molecule has 1 aromatic heterocycles. The van der Waals surface area contributed by atoms with E-state index in [1.54, 1.807) is 12.3 Å². The number of hydrogen-bond acceptors (Lipinski definition) is 3. The molecule has 0 bridgehead atoms. The van der Waals surface area contributed by atoms with E-state index in [0.29, 0.717) is 30.3 Å². The van der Waals surface area contributed by atoms with Gasteiger partial charge in [-0.05, 0) is 24.6 Å². The Morgan fingerprint density at radius 2 is 1.76 bits per heavy atom. The number of urea groups is 1. The van der Waals surface area contributed by atoms with Crippen LogP contribution in [0.3, 0.4) is 0 Å². The Morgan fingerprint density at radius 3 is 2.48 bits per heavy atom. The monoisotopic (exact) mass is 336 g/mol. The third-order valence-electron chi connectivity index (χ3n) is 3.63. The molecule has 0 aliphatic carbocycles. The van der Waals surface area contributed by atoms with Crippen molar-refractivity contribution in [2.75, 3.05) is 17.2 Å². The summed E-state index contributed by atoms with van der Waals surface area (Å²) in [6.07, 6.45) is 1.56. The lowest BCUT2D eigenvalue weighted by atomic mass is 10.1. The molecule has 3 aromatic rings. The molecule has 0 aliphatic heterocycles. The molecule has 5 heteroatoms. The number of anilines is 2. The average molecular weight is 336 g/mol. The standard InChI is InChI=1S/C20H20N2O3/c1-2-24-14-15-8-10-17(11-9-15)21-20(23)22-18-12-13-25-19(18)16-6-4-3-5-7-16/h3-13H,2,14H2,1H3,(H2,21,22,23). The van der Waals surface area contributed by atoms with Crippen LogP contribution >= 0.6 is 0 Å². The lowest BCUT2D eigenvalue weighted by Gasteiger charge is -2.09. The molecular weight excluding hydrogens is 316 g/mol. The van der Waals surface area contributed by atoms with Crippen LogP contribution in [0.5, 0.6) is 0 Å². The highest BCUT2D eigenvalue weighted by Crippen LogP contribution is 2.29. The first kappa shape index (κ1) is 16.8. The van der Waals surface area contributed by atoms with Gasteiger partial charge in [0.25, 0.3) is 0 Å². The van der Waals surface area contributed by atoms with Crippen LogP contribution in [-0.4, -0.2) is 12.6 Å². The van der Waals surface area contributed by atoms with Gasteiger partial charge in [0.15, 0.2) is 5.76 Å². The lowest BCUT2D eigenvalue weighted by molar-refractivity contribution is 0.134. The molecule has 2 amide bonds. The highest BCUT2D eigenvalue weighted by molar-refractivity contribution is 6.01. The van der Waals surface area contributed by atoms with Crippen molar-refractivity contribution >= 4 is 17.4 Å². The molecule has 0 unspecified atom stereocenters. The summed E-state index contributed by atoms with van der Waals surface area (Å²) in [6, 6.07) is 18.6. The molecule has 0 saturated heterocycles. The van der Waals surface area contributed by atoms with Gasteiger partial charge in [-0.2, -0.15) is 0 Å².